The fraction of sp³-hybridized carbons (Fsp3) is 0.182. The van der Waals surface area contributed by atoms with Crippen LogP contribution in [0.3, 0.4) is 0 Å². The molecule has 0 bridgehead atoms. The van der Waals surface area contributed by atoms with E-state index < -0.39 is 0 Å². The van der Waals surface area contributed by atoms with Gasteiger partial charge in [0, 0.05) is 19.4 Å². The quantitative estimate of drug-likeness (QED) is 0.716. The summed E-state index contributed by atoms with van der Waals surface area (Å²) in [6, 6.07) is 0. The van der Waals surface area contributed by atoms with Crippen molar-refractivity contribution in [3.8, 4) is 0 Å². The molecule has 0 spiro atoms. The molecule has 6 nitrogen and oxygen atoms in total. The smallest absolute Gasteiger partial charge is 0.335 e. The Bertz CT molecular complexity index is 693. The molecule has 3 rings (SSSR count). The maximum Gasteiger partial charge on any atom is 0.335 e. The number of allylic oxidation sites excluding steroid dienone is 2. The highest BCUT2D eigenvalue weighted by Crippen LogP contribution is 2.14. The second-order valence-electron chi connectivity index (χ2n) is 3.68. The van der Waals surface area contributed by atoms with E-state index in [0.717, 1.165) is 5.70 Å². The van der Waals surface area contributed by atoms with E-state index in [1.165, 1.54) is 9.13 Å². The van der Waals surface area contributed by atoms with E-state index in [1.807, 2.05) is 6.08 Å². The third kappa shape index (κ3) is 1.37. The second-order valence-corrected chi connectivity index (χ2v) is 3.68. The molecule has 0 saturated heterocycles. The van der Waals surface area contributed by atoms with Crippen LogP contribution < -0.4 is 5.69 Å². The zero-order valence-corrected chi connectivity index (χ0v) is 9.20. The Hall–Kier alpha value is -2.37. The summed E-state index contributed by atoms with van der Waals surface area (Å²) < 4.78 is 8.18. The summed E-state index contributed by atoms with van der Waals surface area (Å²) in [5.74, 6) is 0. The van der Waals surface area contributed by atoms with Gasteiger partial charge in [0.1, 0.15) is 6.61 Å². The molecular weight excluding hydrogens is 220 g/mol. The van der Waals surface area contributed by atoms with E-state index in [0.29, 0.717) is 17.9 Å². The minimum atomic E-state index is -0.170. The van der Waals surface area contributed by atoms with Gasteiger partial charge < -0.3 is 4.74 Å². The fourth-order valence-electron chi connectivity index (χ4n) is 1.83. The molecule has 0 aromatic carbocycles. The number of hydrogen-bond acceptors (Lipinski definition) is 4. The van der Waals surface area contributed by atoms with E-state index >= 15 is 0 Å². The third-order valence-corrected chi connectivity index (χ3v) is 2.65. The van der Waals surface area contributed by atoms with E-state index in [9.17, 15) is 4.79 Å². The Morgan fingerprint density at radius 1 is 1.29 bits per heavy atom. The molecule has 86 valence electrons. The first-order valence-electron chi connectivity index (χ1n) is 5.15. The molecule has 0 radical (unpaired) electrons. The van der Waals surface area contributed by atoms with Crippen molar-refractivity contribution in [2.75, 3.05) is 6.61 Å². The molecule has 3 heterocycles. The molecule has 0 aliphatic carbocycles. The van der Waals surface area contributed by atoms with Crippen LogP contribution in [0.25, 0.3) is 17.0 Å². The summed E-state index contributed by atoms with van der Waals surface area (Å²) in [4.78, 5) is 20.5. The molecular formula is C11H10N4O2. The van der Waals surface area contributed by atoms with Gasteiger partial charge in [-0.15, -0.1) is 0 Å². The summed E-state index contributed by atoms with van der Waals surface area (Å²) in [6.45, 7) is 0.353. The number of imidazole rings is 1. The van der Waals surface area contributed by atoms with Crippen LogP contribution in [-0.4, -0.2) is 25.7 Å². The number of ether oxygens (including phenoxy) is 1. The van der Waals surface area contributed by atoms with Crippen molar-refractivity contribution in [2.45, 2.75) is 0 Å². The number of aromatic nitrogens is 4. The summed E-state index contributed by atoms with van der Waals surface area (Å²) in [5.41, 5.74) is 1.69. The Balaban J connectivity index is 2.36. The van der Waals surface area contributed by atoms with Gasteiger partial charge >= 0.3 is 5.69 Å². The van der Waals surface area contributed by atoms with Gasteiger partial charge in [-0.3, -0.25) is 4.57 Å². The highest BCUT2D eigenvalue weighted by atomic mass is 16.5. The minimum Gasteiger partial charge on any atom is -0.495 e. The molecule has 17 heavy (non-hydrogen) atoms. The number of fused-ring (bicyclic) bond motifs is 1. The molecule has 0 amide bonds. The Kier molecular flexibility index (Phi) is 2.07. The Morgan fingerprint density at radius 3 is 2.76 bits per heavy atom. The van der Waals surface area contributed by atoms with Crippen LogP contribution in [0.2, 0.25) is 0 Å². The molecule has 0 N–H and O–H groups in total. The number of hydrogen-bond donors (Lipinski definition) is 0. The lowest BCUT2D eigenvalue weighted by Gasteiger charge is -2.10. The van der Waals surface area contributed by atoms with Crippen LogP contribution >= 0.6 is 0 Å². The maximum absolute atomic E-state index is 12.1. The van der Waals surface area contributed by atoms with Crippen LogP contribution in [-0.2, 0) is 11.8 Å². The molecule has 1 aliphatic heterocycles. The summed E-state index contributed by atoms with van der Waals surface area (Å²) >= 11 is 0. The predicted octanol–water partition coefficient (Wildman–Crippen LogP) is 0.515. The van der Waals surface area contributed by atoms with Gasteiger partial charge in [0.15, 0.2) is 11.3 Å². The van der Waals surface area contributed by atoms with Crippen molar-refractivity contribution in [1.82, 2.24) is 19.1 Å². The van der Waals surface area contributed by atoms with Crippen molar-refractivity contribution >= 4 is 17.0 Å². The summed E-state index contributed by atoms with van der Waals surface area (Å²) in [6.07, 6.45) is 8.31. The zero-order valence-electron chi connectivity index (χ0n) is 9.20. The molecule has 6 heteroatoms. The molecule has 0 unspecified atom stereocenters. The van der Waals surface area contributed by atoms with E-state index in [-0.39, 0.29) is 5.69 Å². The lowest BCUT2D eigenvalue weighted by atomic mass is 10.3. The van der Waals surface area contributed by atoms with E-state index in [1.54, 1.807) is 31.8 Å². The number of rotatable bonds is 1. The summed E-state index contributed by atoms with van der Waals surface area (Å²) in [7, 11) is 1.68. The second kappa shape index (κ2) is 3.58. The van der Waals surface area contributed by atoms with E-state index in [4.69, 9.17) is 4.74 Å². The molecule has 0 atom stereocenters. The van der Waals surface area contributed by atoms with Crippen molar-refractivity contribution in [3.05, 3.63) is 41.3 Å². The highest BCUT2D eigenvalue weighted by molar-refractivity contribution is 5.72. The van der Waals surface area contributed by atoms with Gasteiger partial charge in [0.05, 0.1) is 12.0 Å². The van der Waals surface area contributed by atoms with Crippen molar-refractivity contribution in [1.29, 1.82) is 0 Å². The van der Waals surface area contributed by atoms with Gasteiger partial charge in [-0.25, -0.2) is 19.3 Å². The van der Waals surface area contributed by atoms with Crippen LogP contribution in [0, 0.1) is 0 Å². The van der Waals surface area contributed by atoms with Gasteiger partial charge in [-0.2, -0.15) is 0 Å². The first-order chi connectivity index (χ1) is 8.29. The topological polar surface area (TPSA) is 61.9 Å². The summed E-state index contributed by atoms with van der Waals surface area (Å²) in [5, 5.41) is 0. The van der Waals surface area contributed by atoms with Crippen molar-refractivity contribution < 1.29 is 4.74 Å². The average molecular weight is 230 g/mol. The largest absolute Gasteiger partial charge is 0.495 e. The first kappa shape index (κ1) is 9.83. The van der Waals surface area contributed by atoms with Gasteiger partial charge in [0.25, 0.3) is 0 Å². The number of aryl methyl sites for hydroxylation is 1. The van der Waals surface area contributed by atoms with Crippen LogP contribution in [0.4, 0.5) is 0 Å². The normalized spacial score (nSPS) is 14.8. The maximum atomic E-state index is 12.1. The van der Waals surface area contributed by atoms with Gasteiger partial charge in [-0.1, -0.05) is 0 Å². The SMILES string of the molecule is Cn1c(=O)n(C2=CC=COC2)c2nccnc21. The zero-order chi connectivity index (χ0) is 11.8. The van der Waals surface area contributed by atoms with Gasteiger partial charge in [-0.05, 0) is 12.2 Å². The standard InChI is InChI=1S/C11H10N4O2/c1-14-9-10(13-5-4-12-9)15(11(14)16)8-3-2-6-17-7-8/h2-6H,7H2,1H3. The lowest BCUT2D eigenvalue weighted by Crippen LogP contribution is -2.23. The first-order valence-corrected chi connectivity index (χ1v) is 5.15. The number of nitrogens with zero attached hydrogens (tertiary/aromatic N) is 4. The van der Waals surface area contributed by atoms with E-state index in [2.05, 4.69) is 9.97 Å². The van der Waals surface area contributed by atoms with Crippen molar-refractivity contribution in [3.63, 3.8) is 0 Å². The minimum absolute atomic E-state index is 0.170. The molecule has 0 fully saturated rings. The lowest BCUT2D eigenvalue weighted by molar-refractivity contribution is 0.287. The van der Waals surface area contributed by atoms with Gasteiger partial charge in [0.2, 0.25) is 0 Å². The molecule has 0 saturated carbocycles. The molecule has 1 aliphatic rings. The Labute approximate surface area is 96.5 Å². The van der Waals surface area contributed by atoms with Crippen LogP contribution in [0.1, 0.15) is 0 Å². The average Bonchev–Trinajstić information content (AvgIpc) is 2.64. The monoisotopic (exact) mass is 230 g/mol. The fourth-order valence-corrected chi connectivity index (χ4v) is 1.83. The van der Waals surface area contributed by atoms with Crippen LogP contribution in [0.15, 0.2) is 35.6 Å². The molecule has 2 aromatic rings. The highest BCUT2D eigenvalue weighted by Gasteiger charge is 2.16. The third-order valence-electron chi connectivity index (χ3n) is 2.65. The predicted molar refractivity (Wildman–Crippen MR) is 62.1 cm³/mol. The van der Waals surface area contributed by atoms with Crippen LogP contribution in [0.5, 0.6) is 0 Å². The molecule has 2 aromatic heterocycles. The Morgan fingerprint density at radius 2 is 2.06 bits per heavy atom. The van der Waals surface area contributed by atoms with Crippen molar-refractivity contribution in [2.24, 2.45) is 7.05 Å².